The van der Waals surface area contributed by atoms with E-state index in [9.17, 15) is 4.79 Å². The maximum Gasteiger partial charge on any atom is 0.269 e. The smallest absolute Gasteiger partial charge is 0.269 e. The van der Waals surface area contributed by atoms with Crippen molar-refractivity contribution in [2.75, 3.05) is 23.6 Å². The summed E-state index contributed by atoms with van der Waals surface area (Å²) in [7, 11) is 1.58. The topological polar surface area (TPSA) is 114 Å². The standard InChI is InChI=1S/C18H24N6O2/c1-26-14-9-7-12(8-10-14)18(25)24-23-17-15(19)16(20-11-21-17)22-13-5-3-2-4-6-13/h7-11,13H,2-6,19H2,1H3,(H,24,25)(H2,20,21,22,23). The fourth-order valence-corrected chi connectivity index (χ4v) is 2.98. The molecule has 1 aromatic carbocycles. The molecule has 138 valence electrons. The first-order valence-electron chi connectivity index (χ1n) is 8.75. The van der Waals surface area contributed by atoms with E-state index in [0.29, 0.717) is 34.7 Å². The molecule has 0 bridgehead atoms. The molecule has 1 heterocycles. The van der Waals surface area contributed by atoms with Crippen LogP contribution in [-0.4, -0.2) is 29.0 Å². The number of amides is 1. The molecular formula is C18H24N6O2. The van der Waals surface area contributed by atoms with Gasteiger partial charge in [-0.1, -0.05) is 19.3 Å². The van der Waals surface area contributed by atoms with E-state index in [1.165, 1.54) is 25.6 Å². The van der Waals surface area contributed by atoms with Crippen LogP contribution in [0.15, 0.2) is 30.6 Å². The zero-order chi connectivity index (χ0) is 18.4. The first-order valence-corrected chi connectivity index (χ1v) is 8.75. The number of aromatic nitrogens is 2. The summed E-state index contributed by atoms with van der Waals surface area (Å²) in [5.41, 5.74) is 12.4. The summed E-state index contributed by atoms with van der Waals surface area (Å²) in [6, 6.07) is 7.17. The van der Waals surface area contributed by atoms with Crippen molar-refractivity contribution in [3.05, 3.63) is 36.2 Å². The number of carbonyl (C=O) groups is 1. The number of nitrogens with zero attached hydrogens (tertiary/aromatic N) is 2. The van der Waals surface area contributed by atoms with E-state index in [0.717, 1.165) is 12.8 Å². The number of carbonyl (C=O) groups excluding carboxylic acids is 1. The largest absolute Gasteiger partial charge is 0.497 e. The molecule has 1 aromatic heterocycles. The number of rotatable bonds is 6. The fourth-order valence-electron chi connectivity index (χ4n) is 2.98. The van der Waals surface area contributed by atoms with Crippen LogP contribution in [0.2, 0.25) is 0 Å². The van der Waals surface area contributed by atoms with Crippen LogP contribution in [0.1, 0.15) is 42.5 Å². The molecule has 0 radical (unpaired) electrons. The Kier molecular flexibility index (Phi) is 5.73. The number of benzene rings is 1. The number of methoxy groups -OCH3 is 1. The van der Waals surface area contributed by atoms with Crippen molar-refractivity contribution in [1.29, 1.82) is 0 Å². The minimum Gasteiger partial charge on any atom is -0.497 e. The van der Waals surface area contributed by atoms with Crippen molar-refractivity contribution in [2.45, 2.75) is 38.1 Å². The van der Waals surface area contributed by atoms with Crippen molar-refractivity contribution in [3.8, 4) is 5.75 Å². The van der Waals surface area contributed by atoms with E-state index in [-0.39, 0.29) is 5.91 Å². The van der Waals surface area contributed by atoms with Gasteiger partial charge in [0.15, 0.2) is 11.6 Å². The van der Waals surface area contributed by atoms with E-state index in [1.54, 1.807) is 31.4 Å². The second-order valence-electron chi connectivity index (χ2n) is 6.27. The average Bonchev–Trinajstić information content (AvgIpc) is 2.69. The van der Waals surface area contributed by atoms with Crippen molar-refractivity contribution in [1.82, 2.24) is 15.4 Å². The number of anilines is 3. The number of hydrazine groups is 1. The number of nitrogen functional groups attached to an aromatic ring is 1. The molecule has 1 aliphatic carbocycles. The normalized spacial score (nSPS) is 14.5. The van der Waals surface area contributed by atoms with Crippen LogP contribution in [0.25, 0.3) is 0 Å². The Morgan fingerprint density at radius 1 is 1.12 bits per heavy atom. The summed E-state index contributed by atoms with van der Waals surface area (Å²) in [4.78, 5) is 20.5. The lowest BCUT2D eigenvalue weighted by atomic mass is 9.95. The lowest BCUT2D eigenvalue weighted by Gasteiger charge is -2.24. The van der Waals surface area contributed by atoms with Crippen LogP contribution in [-0.2, 0) is 0 Å². The Balaban J connectivity index is 1.61. The van der Waals surface area contributed by atoms with Gasteiger partial charge in [0.2, 0.25) is 0 Å². The van der Waals surface area contributed by atoms with Gasteiger partial charge in [-0.25, -0.2) is 9.97 Å². The van der Waals surface area contributed by atoms with Crippen molar-refractivity contribution in [3.63, 3.8) is 0 Å². The summed E-state index contributed by atoms with van der Waals surface area (Å²) in [6.07, 6.45) is 7.35. The third-order valence-corrected chi connectivity index (χ3v) is 4.48. The first-order chi connectivity index (χ1) is 12.7. The summed E-state index contributed by atoms with van der Waals surface area (Å²) >= 11 is 0. The van der Waals surface area contributed by atoms with E-state index >= 15 is 0 Å². The average molecular weight is 356 g/mol. The molecule has 26 heavy (non-hydrogen) atoms. The van der Waals surface area contributed by atoms with Crippen LogP contribution >= 0.6 is 0 Å². The molecule has 0 atom stereocenters. The van der Waals surface area contributed by atoms with Gasteiger partial charge >= 0.3 is 0 Å². The molecule has 1 aliphatic rings. The maximum atomic E-state index is 12.2. The highest BCUT2D eigenvalue weighted by molar-refractivity contribution is 5.95. The highest BCUT2D eigenvalue weighted by Gasteiger charge is 2.16. The highest BCUT2D eigenvalue weighted by atomic mass is 16.5. The van der Waals surface area contributed by atoms with Crippen molar-refractivity contribution < 1.29 is 9.53 Å². The fraction of sp³-hybridized carbons (Fsp3) is 0.389. The number of nitrogens with one attached hydrogen (secondary N) is 3. The Bertz CT molecular complexity index is 744. The Morgan fingerprint density at radius 2 is 1.81 bits per heavy atom. The van der Waals surface area contributed by atoms with Gasteiger partial charge in [-0.2, -0.15) is 0 Å². The summed E-state index contributed by atoms with van der Waals surface area (Å²) in [5.74, 6) is 1.34. The highest BCUT2D eigenvalue weighted by Crippen LogP contribution is 2.26. The third kappa shape index (κ3) is 4.33. The molecular weight excluding hydrogens is 332 g/mol. The Hall–Kier alpha value is -3.03. The van der Waals surface area contributed by atoms with Crippen LogP contribution in [0.4, 0.5) is 17.3 Å². The van der Waals surface area contributed by atoms with Crippen LogP contribution in [0.3, 0.4) is 0 Å². The quantitative estimate of drug-likeness (QED) is 0.588. The zero-order valence-corrected chi connectivity index (χ0v) is 14.8. The molecule has 8 nitrogen and oxygen atoms in total. The van der Waals surface area contributed by atoms with Gasteiger partial charge in [0.25, 0.3) is 5.91 Å². The zero-order valence-electron chi connectivity index (χ0n) is 14.8. The molecule has 3 rings (SSSR count). The second-order valence-corrected chi connectivity index (χ2v) is 6.27. The van der Waals surface area contributed by atoms with Crippen LogP contribution < -0.4 is 26.6 Å². The molecule has 0 unspecified atom stereocenters. The Labute approximate surface area is 152 Å². The third-order valence-electron chi connectivity index (χ3n) is 4.48. The summed E-state index contributed by atoms with van der Waals surface area (Å²) in [6.45, 7) is 0. The van der Waals surface area contributed by atoms with Gasteiger partial charge in [-0.05, 0) is 37.1 Å². The van der Waals surface area contributed by atoms with E-state index < -0.39 is 0 Å². The van der Waals surface area contributed by atoms with E-state index in [2.05, 4.69) is 26.1 Å². The minimum atomic E-state index is -0.299. The molecule has 2 aromatic rings. The number of hydrogen-bond donors (Lipinski definition) is 4. The Morgan fingerprint density at radius 3 is 2.50 bits per heavy atom. The molecule has 1 amide bonds. The SMILES string of the molecule is COc1ccc(C(=O)NNc2ncnc(NC3CCCCC3)c2N)cc1. The lowest BCUT2D eigenvalue weighted by Crippen LogP contribution is -2.30. The van der Waals surface area contributed by atoms with Crippen LogP contribution in [0, 0.1) is 0 Å². The molecule has 0 saturated heterocycles. The second kappa shape index (κ2) is 8.37. The molecule has 8 heteroatoms. The maximum absolute atomic E-state index is 12.2. The van der Waals surface area contributed by atoms with Gasteiger partial charge in [0.1, 0.15) is 17.8 Å². The number of ether oxygens (including phenoxy) is 1. The van der Waals surface area contributed by atoms with Gasteiger partial charge in [-0.3, -0.25) is 15.6 Å². The van der Waals surface area contributed by atoms with Gasteiger partial charge in [0.05, 0.1) is 7.11 Å². The van der Waals surface area contributed by atoms with Gasteiger partial charge < -0.3 is 15.8 Å². The number of nitrogens with two attached hydrogens (primary N) is 1. The van der Waals surface area contributed by atoms with Gasteiger partial charge in [0, 0.05) is 11.6 Å². The van der Waals surface area contributed by atoms with E-state index in [4.69, 9.17) is 10.5 Å². The monoisotopic (exact) mass is 356 g/mol. The summed E-state index contributed by atoms with van der Waals surface area (Å²) < 4.78 is 5.08. The lowest BCUT2D eigenvalue weighted by molar-refractivity contribution is 0.0962. The predicted molar refractivity (Wildman–Crippen MR) is 101 cm³/mol. The molecule has 0 aliphatic heterocycles. The molecule has 1 saturated carbocycles. The molecule has 5 N–H and O–H groups in total. The van der Waals surface area contributed by atoms with Crippen LogP contribution in [0.5, 0.6) is 5.75 Å². The van der Waals surface area contributed by atoms with Crippen molar-refractivity contribution >= 4 is 23.2 Å². The first kappa shape index (κ1) is 17.8. The van der Waals surface area contributed by atoms with E-state index in [1.807, 2.05) is 0 Å². The van der Waals surface area contributed by atoms with Crippen molar-refractivity contribution in [2.24, 2.45) is 0 Å². The molecule has 0 spiro atoms. The molecule has 1 fully saturated rings. The number of hydrogen-bond acceptors (Lipinski definition) is 7. The summed E-state index contributed by atoms with van der Waals surface area (Å²) in [5, 5.41) is 3.38. The predicted octanol–water partition coefficient (Wildman–Crippen LogP) is 2.57. The van der Waals surface area contributed by atoms with Gasteiger partial charge in [-0.15, -0.1) is 0 Å². The minimum absolute atomic E-state index is 0.299.